The molecular weight excluding hydrogens is 254 g/mol. The molecule has 1 aliphatic rings. The van der Waals surface area contributed by atoms with Crippen LogP contribution >= 0.6 is 0 Å². The van der Waals surface area contributed by atoms with Crippen LogP contribution in [0.25, 0.3) is 0 Å². The third kappa shape index (κ3) is 3.72. The first-order valence-corrected chi connectivity index (χ1v) is 5.87. The molecule has 1 aliphatic carbocycles. The number of nitrogens with one attached hydrogen (secondary N) is 1. The normalized spacial score (nSPS) is 36.8. The number of quaternary nitrogens is 1. The molecule has 0 amide bonds. The van der Waals surface area contributed by atoms with E-state index in [0.29, 0.717) is 6.04 Å². The molecule has 3 unspecified atom stereocenters. The van der Waals surface area contributed by atoms with Crippen molar-refractivity contribution in [2.75, 3.05) is 14.1 Å². The molecule has 0 bridgehead atoms. The molecule has 0 radical (unpaired) electrons. The summed E-state index contributed by atoms with van der Waals surface area (Å²) in [6.45, 7) is 6.60. The Bertz CT molecular complexity index is 192. The van der Waals surface area contributed by atoms with Crippen LogP contribution < -0.4 is 21.9 Å². The van der Waals surface area contributed by atoms with Crippen molar-refractivity contribution in [3.8, 4) is 0 Å². The molecule has 15 heavy (non-hydrogen) atoms. The first-order valence-electron chi connectivity index (χ1n) is 5.87. The number of halogens is 1. The SMILES string of the molecule is CC(C)C1CCC(C)(O)C([NH+](C)C)C1.[Br-]. The van der Waals surface area contributed by atoms with E-state index in [4.69, 9.17) is 0 Å². The van der Waals surface area contributed by atoms with Crippen LogP contribution in [0.5, 0.6) is 0 Å². The summed E-state index contributed by atoms with van der Waals surface area (Å²) in [4.78, 5) is 1.39. The quantitative estimate of drug-likeness (QED) is 0.585. The highest BCUT2D eigenvalue weighted by Crippen LogP contribution is 2.34. The van der Waals surface area contributed by atoms with Gasteiger partial charge >= 0.3 is 0 Å². The molecule has 0 aromatic carbocycles. The summed E-state index contributed by atoms with van der Waals surface area (Å²) < 4.78 is 0. The summed E-state index contributed by atoms with van der Waals surface area (Å²) >= 11 is 0. The summed E-state index contributed by atoms with van der Waals surface area (Å²) in [7, 11) is 4.31. The Labute approximate surface area is 105 Å². The summed E-state index contributed by atoms with van der Waals surface area (Å²) in [5, 5.41) is 10.3. The lowest BCUT2D eigenvalue weighted by atomic mass is 9.72. The Hall–Kier alpha value is 0.400. The van der Waals surface area contributed by atoms with Crippen LogP contribution in [0.2, 0.25) is 0 Å². The van der Waals surface area contributed by atoms with Gasteiger partial charge in [-0.25, -0.2) is 0 Å². The molecular formula is C12H26BrNO. The molecule has 0 aliphatic heterocycles. The minimum atomic E-state index is -0.454. The number of hydrogen-bond acceptors (Lipinski definition) is 1. The Balaban J connectivity index is 0.00000196. The van der Waals surface area contributed by atoms with Crippen molar-refractivity contribution in [3.05, 3.63) is 0 Å². The first-order chi connectivity index (χ1) is 6.34. The fourth-order valence-corrected chi connectivity index (χ4v) is 2.79. The van der Waals surface area contributed by atoms with Crippen molar-refractivity contribution in [1.82, 2.24) is 0 Å². The summed E-state index contributed by atoms with van der Waals surface area (Å²) in [5.41, 5.74) is -0.454. The fourth-order valence-electron chi connectivity index (χ4n) is 2.79. The van der Waals surface area contributed by atoms with E-state index in [1.54, 1.807) is 0 Å². The van der Waals surface area contributed by atoms with Crippen molar-refractivity contribution >= 4 is 0 Å². The molecule has 0 saturated heterocycles. The van der Waals surface area contributed by atoms with E-state index >= 15 is 0 Å². The van der Waals surface area contributed by atoms with Gasteiger partial charge in [0.2, 0.25) is 0 Å². The molecule has 3 atom stereocenters. The van der Waals surface area contributed by atoms with Crippen LogP contribution in [0.4, 0.5) is 0 Å². The van der Waals surface area contributed by atoms with Crippen LogP contribution in [0.15, 0.2) is 0 Å². The van der Waals surface area contributed by atoms with Crippen LogP contribution in [-0.2, 0) is 0 Å². The Morgan fingerprint density at radius 1 is 1.33 bits per heavy atom. The zero-order valence-electron chi connectivity index (χ0n) is 10.7. The third-order valence-corrected chi connectivity index (χ3v) is 3.95. The second-order valence-electron chi connectivity index (χ2n) is 5.77. The van der Waals surface area contributed by atoms with E-state index < -0.39 is 5.60 Å². The zero-order chi connectivity index (χ0) is 10.9. The molecule has 0 aromatic heterocycles. The highest BCUT2D eigenvalue weighted by Gasteiger charge is 2.42. The van der Waals surface area contributed by atoms with Gasteiger partial charge in [0.25, 0.3) is 0 Å². The Morgan fingerprint density at radius 2 is 1.87 bits per heavy atom. The van der Waals surface area contributed by atoms with E-state index in [0.717, 1.165) is 18.3 Å². The average molecular weight is 280 g/mol. The van der Waals surface area contributed by atoms with Crippen LogP contribution in [0.3, 0.4) is 0 Å². The second kappa shape index (κ2) is 5.65. The van der Waals surface area contributed by atoms with Crippen LogP contribution in [-0.4, -0.2) is 30.8 Å². The van der Waals surface area contributed by atoms with Gasteiger partial charge in [0.1, 0.15) is 11.6 Å². The van der Waals surface area contributed by atoms with E-state index in [1.807, 2.05) is 6.92 Å². The lowest BCUT2D eigenvalue weighted by molar-refractivity contribution is -0.895. The predicted molar refractivity (Wildman–Crippen MR) is 59.4 cm³/mol. The standard InChI is InChI=1S/C12H25NO.BrH/c1-9(2)10-6-7-12(3,14)11(8-10)13(4)5;/h9-11,14H,6-8H2,1-5H3;1H. The van der Waals surface area contributed by atoms with Crippen molar-refractivity contribution in [3.63, 3.8) is 0 Å². The van der Waals surface area contributed by atoms with Gasteiger partial charge in [-0.2, -0.15) is 0 Å². The smallest absolute Gasteiger partial charge is 0.116 e. The predicted octanol–water partition coefficient (Wildman–Crippen LogP) is -2.29. The highest BCUT2D eigenvalue weighted by molar-refractivity contribution is 4.90. The maximum atomic E-state index is 10.3. The van der Waals surface area contributed by atoms with Crippen LogP contribution in [0, 0.1) is 11.8 Å². The first kappa shape index (κ1) is 15.4. The van der Waals surface area contributed by atoms with E-state index in [9.17, 15) is 5.11 Å². The highest BCUT2D eigenvalue weighted by atomic mass is 79.9. The Morgan fingerprint density at radius 3 is 2.27 bits per heavy atom. The van der Waals surface area contributed by atoms with Gasteiger partial charge < -0.3 is 27.0 Å². The van der Waals surface area contributed by atoms with Gasteiger partial charge in [-0.15, -0.1) is 0 Å². The van der Waals surface area contributed by atoms with Crippen molar-refractivity contribution in [1.29, 1.82) is 0 Å². The maximum absolute atomic E-state index is 10.3. The summed E-state index contributed by atoms with van der Waals surface area (Å²) in [6, 6.07) is 0.406. The lowest BCUT2D eigenvalue weighted by Gasteiger charge is -2.42. The molecule has 3 heteroatoms. The Kier molecular flexibility index (Phi) is 5.80. The number of aliphatic hydroxyl groups is 1. The zero-order valence-corrected chi connectivity index (χ0v) is 12.3. The molecule has 92 valence electrons. The van der Waals surface area contributed by atoms with Gasteiger partial charge in [0, 0.05) is 6.42 Å². The van der Waals surface area contributed by atoms with Gasteiger partial charge in [-0.3, -0.25) is 0 Å². The number of likely N-dealkylation sites (N-methyl/N-ethyl adjacent to an activating group) is 1. The summed E-state index contributed by atoms with van der Waals surface area (Å²) in [6.07, 6.45) is 3.33. The third-order valence-electron chi connectivity index (χ3n) is 3.95. The molecule has 0 aromatic rings. The minimum Gasteiger partial charge on any atom is -1.00 e. The summed E-state index contributed by atoms with van der Waals surface area (Å²) in [5.74, 6) is 1.56. The van der Waals surface area contributed by atoms with E-state index in [-0.39, 0.29) is 17.0 Å². The average Bonchev–Trinajstić information content (AvgIpc) is 2.02. The van der Waals surface area contributed by atoms with Crippen molar-refractivity contribution < 1.29 is 27.0 Å². The number of hydrogen-bond donors (Lipinski definition) is 2. The molecule has 1 fully saturated rings. The maximum Gasteiger partial charge on any atom is 0.116 e. The van der Waals surface area contributed by atoms with Gasteiger partial charge in [-0.05, 0) is 31.6 Å². The van der Waals surface area contributed by atoms with Gasteiger partial charge in [-0.1, -0.05) is 13.8 Å². The molecule has 0 heterocycles. The molecule has 1 saturated carbocycles. The number of rotatable bonds is 2. The topological polar surface area (TPSA) is 24.7 Å². The molecule has 2 nitrogen and oxygen atoms in total. The van der Waals surface area contributed by atoms with E-state index in [1.165, 1.54) is 17.7 Å². The van der Waals surface area contributed by atoms with Crippen molar-refractivity contribution in [2.24, 2.45) is 11.8 Å². The molecule has 1 rings (SSSR count). The van der Waals surface area contributed by atoms with Crippen LogP contribution in [0.1, 0.15) is 40.0 Å². The van der Waals surface area contributed by atoms with Gasteiger partial charge in [0.05, 0.1) is 14.1 Å². The second-order valence-corrected chi connectivity index (χ2v) is 5.77. The van der Waals surface area contributed by atoms with Gasteiger partial charge in [0.15, 0.2) is 0 Å². The largest absolute Gasteiger partial charge is 1.00 e. The van der Waals surface area contributed by atoms with E-state index in [2.05, 4.69) is 27.9 Å². The lowest BCUT2D eigenvalue weighted by Crippen LogP contribution is -3.13. The monoisotopic (exact) mass is 279 g/mol. The molecule has 2 N–H and O–H groups in total. The molecule has 0 spiro atoms. The minimum absolute atomic E-state index is 0. The fraction of sp³-hybridized carbons (Fsp3) is 1.00. The van der Waals surface area contributed by atoms with Crippen molar-refractivity contribution in [2.45, 2.75) is 51.7 Å².